The third-order valence-corrected chi connectivity index (χ3v) is 5.53. The molecule has 1 atom stereocenters. The lowest BCUT2D eigenvalue weighted by Gasteiger charge is -2.37. The predicted molar refractivity (Wildman–Crippen MR) is 109 cm³/mol. The minimum Gasteiger partial charge on any atom is -0.354 e. The normalized spacial score (nSPS) is 16.8. The molecule has 1 aliphatic heterocycles. The van der Waals surface area contributed by atoms with Crippen LogP contribution in [0.3, 0.4) is 0 Å². The first-order valence-electron chi connectivity index (χ1n) is 10.2. The molecule has 4 heteroatoms. The summed E-state index contributed by atoms with van der Waals surface area (Å²) in [6, 6.07) is 14.9. The molecule has 0 aliphatic carbocycles. The summed E-state index contributed by atoms with van der Waals surface area (Å²) in [6.07, 6.45) is 8.45. The van der Waals surface area contributed by atoms with Crippen LogP contribution in [0.15, 0.2) is 54.9 Å². The van der Waals surface area contributed by atoms with Crippen molar-refractivity contribution in [2.24, 2.45) is 5.92 Å². The van der Waals surface area contributed by atoms with E-state index in [1.54, 1.807) is 6.20 Å². The van der Waals surface area contributed by atoms with Gasteiger partial charge in [-0.15, -0.1) is 0 Å². The molecule has 1 amide bonds. The maximum absolute atomic E-state index is 12.4. The molecule has 0 radical (unpaired) electrons. The fourth-order valence-corrected chi connectivity index (χ4v) is 3.77. The van der Waals surface area contributed by atoms with E-state index in [9.17, 15) is 4.79 Å². The lowest BCUT2D eigenvalue weighted by Crippen LogP contribution is -2.41. The second kappa shape index (κ2) is 10.2. The van der Waals surface area contributed by atoms with Gasteiger partial charge in [0.15, 0.2) is 0 Å². The molecule has 1 aromatic carbocycles. The number of aromatic nitrogens is 1. The Labute approximate surface area is 163 Å². The molecule has 1 aliphatic rings. The van der Waals surface area contributed by atoms with Crippen LogP contribution in [0.5, 0.6) is 0 Å². The number of amides is 1. The molecule has 144 valence electrons. The third kappa shape index (κ3) is 6.17. The fraction of sp³-hybridized carbons (Fsp3) is 0.478. The van der Waals surface area contributed by atoms with Gasteiger partial charge in [0.1, 0.15) is 0 Å². The second-order valence-corrected chi connectivity index (χ2v) is 7.66. The quantitative estimate of drug-likeness (QED) is 0.769. The Morgan fingerprint density at radius 1 is 1.19 bits per heavy atom. The van der Waals surface area contributed by atoms with E-state index >= 15 is 0 Å². The molecular formula is C23H31N3O. The van der Waals surface area contributed by atoms with Gasteiger partial charge in [0.2, 0.25) is 5.91 Å². The van der Waals surface area contributed by atoms with Crippen LogP contribution in [-0.2, 0) is 11.2 Å². The number of nitrogens with zero attached hydrogens (tertiary/aromatic N) is 2. The van der Waals surface area contributed by atoms with Crippen LogP contribution in [-0.4, -0.2) is 35.4 Å². The zero-order valence-electron chi connectivity index (χ0n) is 16.3. The highest BCUT2D eigenvalue weighted by Crippen LogP contribution is 2.26. The number of hydrogen-bond acceptors (Lipinski definition) is 3. The van der Waals surface area contributed by atoms with Crippen molar-refractivity contribution in [2.45, 2.75) is 45.1 Å². The molecule has 3 rings (SSSR count). The molecule has 0 spiro atoms. The van der Waals surface area contributed by atoms with Gasteiger partial charge in [-0.2, -0.15) is 0 Å². The summed E-state index contributed by atoms with van der Waals surface area (Å²) in [5.41, 5.74) is 2.48. The maximum atomic E-state index is 12.4. The number of hydrogen-bond donors (Lipinski definition) is 1. The van der Waals surface area contributed by atoms with Crippen LogP contribution in [0.1, 0.15) is 49.8 Å². The fourth-order valence-electron chi connectivity index (χ4n) is 3.77. The maximum Gasteiger partial charge on any atom is 0.220 e. The zero-order valence-corrected chi connectivity index (χ0v) is 16.3. The molecule has 27 heavy (non-hydrogen) atoms. The summed E-state index contributed by atoms with van der Waals surface area (Å²) in [6.45, 7) is 5.23. The Kier molecular flexibility index (Phi) is 7.40. The first kappa shape index (κ1) is 19.6. The Balaban J connectivity index is 1.50. The molecule has 1 fully saturated rings. The lowest BCUT2D eigenvalue weighted by molar-refractivity contribution is -0.121. The average molecular weight is 366 g/mol. The van der Waals surface area contributed by atoms with E-state index in [1.165, 1.54) is 24.0 Å². The number of carbonyl (C=O) groups excluding carboxylic acids is 1. The molecule has 2 heterocycles. The SMILES string of the molecule is CC1CCN(C(CNC(=O)CCCc2cccnc2)c2ccccc2)CC1. The molecule has 2 aromatic rings. The molecular weight excluding hydrogens is 334 g/mol. The average Bonchev–Trinajstić information content (AvgIpc) is 2.71. The summed E-state index contributed by atoms with van der Waals surface area (Å²) < 4.78 is 0. The van der Waals surface area contributed by atoms with Crippen LogP contribution in [0.4, 0.5) is 0 Å². The van der Waals surface area contributed by atoms with E-state index in [0.717, 1.165) is 31.8 Å². The smallest absolute Gasteiger partial charge is 0.220 e. The van der Waals surface area contributed by atoms with Crippen molar-refractivity contribution in [2.75, 3.05) is 19.6 Å². The highest BCUT2D eigenvalue weighted by molar-refractivity contribution is 5.75. The Morgan fingerprint density at radius 3 is 2.67 bits per heavy atom. The Bertz CT molecular complexity index is 681. The molecule has 0 saturated carbocycles. The van der Waals surface area contributed by atoms with E-state index < -0.39 is 0 Å². The van der Waals surface area contributed by atoms with E-state index in [4.69, 9.17) is 0 Å². The number of benzene rings is 1. The third-order valence-electron chi connectivity index (χ3n) is 5.53. The van der Waals surface area contributed by atoms with E-state index in [1.807, 2.05) is 12.3 Å². The van der Waals surface area contributed by atoms with Crippen molar-refractivity contribution in [1.82, 2.24) is 15.2 Å². The monoisotopic (exact) mass is 365 g/mol. The number of likely N-dealkylation sites (tertiary alicyclic amines) is 1. The van der Waals surface area contributed by atoms with E-state index in [0.29, 0.717) is 13.0 Å². The van der Waals surface area contributed by atoms with Gasteiger partial charge in [-0.05, 0) is 61.9 Å². The van der Waals surface area contributed by atoms with Gasteiger partial charge in [0.25, 0.3) is 0 Å². The second-order valence-electron chi connectivity index (χ2n) is 7.66. The number of aryl methyl sites for hydroxylation is 1. The molecule has 1 saturated heterocycles. The van der Waals surface area contributed by atoms with Crippen LogP contribution in [0.2, 0.25) is 0 Å². The van der Waals surface area contributed by atoms with E-state index in [2.05, 4.69) is 58.5 Å². The van der Waals surface area contributed by atoms with E-state index in [-0.39, 0.29) is 11.9 Å². The largest absolute Gasteiger partial charge is 0.354 e. The summed E-state index contributed by atoms with van der Waals surface area (Å²) in [4.78, 5) is 19.0. The van der Waals surface area contributed by atoms with Gasteiger partial charge in [0.05, 0.1) is 6.04 Å². The van der Waals surface area contributed by atoms with Crippen molar-refractivity contribution < 1.29 is 4.79 Å². The Hall–Kier alpha value is -2.20. The van der Waals surface area contributed by atoms with Crippen molar-refractivity contribution >= 4 is 5.91 Å². The lowest BCUT2D eigenvalue weighted by atomic mass is 9.95. The Morgan fingerprint density at radius 2 is 1.96 bits per heavy atom. The van der Waals surface area contributed by atoms with Gasteiger partial charge < -0.3 is 5.32 Å². The highest BCUT2D eigenvalue weighted by atomic mass is 16.1. The van der Waals surface area contributed by atoms with Crippen molar-refractivity contribution in [3.63, 3.8) is 0 Å². The van der Waals surface area contributed by atoms with Crippen LogP contribution in [0, 0.1) is 5.92 Å². The van der Waals surface area contributed by atoms with Crippen molar-refractivity contribution in [3.8, 4) is 0 Å². The number of rotatable bonds is 8. The van der Waals surface area contributed by atoms with Gasteiger partial charge in [0, 0.05) is 25.4 Å². The highest BCUT2D eigenvalue weighted by Gasteiger charge is 2.24. The molecule has 1 unspecified atom stereocenters. The zero-order chi connectivity index (χ0) is 18.9. The van der Waals surface area contributed by atoms with Crippen molar-refractivity contribution in [1.29, 1.82) is 0 Å². The van der Waals surface area contributed by atoms with Crippen LogP contribution < -0.4 is 5.32 Å². The van der Waals surface area contributed by atoms with Gasteiger partial charge in [-0.25, -0.2) is 0 Å². The summed E-state index contributed by atoms with van der Waals surface area (Å²) in [5, 5.41) is 3.18. The molecule has 1 N–H and O–H groups in total. The first-order chi connectivity index (χ1) is 13.2. The van der Waals surface area contributed by atoms with Crippen molar-refractivity contribution in [3.05, 3.63) is 66.0 Å². The van der Waals surface area contributed by atoms with Gasteiger partial charge in [-0.1, -0.05) is 43.3 Å². The minimum atomic E-state index is 0.144. The number of pyridine rings is 1. The molecule has 0 bridgehead atoms. The topological polar surface area (TPSA) is 45.2 Å². The van der Waals surface area contributed by atoms with Gasteiger partial charge >= 0.3 is 0 Å². The summed E-state index contributed by atoms with van der Waals surface area (Å²) in [7, 11) is 0. The van der Waals surface area contributed by atoms with Crippen LogP contribution in [0.25, 0.3) is 0 Å². The predicted octanol–water partition coefficient (Wildman–Crippen LogP) is 3.99. The summed E-state index contributed by atoms with van der Waals surface area (Å²) >= 11 is 0. The first-order valence-corrected chi connectivity index (χ1v) is 10.2. The van der Waals surface area contributed by atoms with Crippen LogP contribution >= 0.6 is 0 Å². The number of nitrogens with one attached hydrogen (secondary N) is 1. The number of carbonyl (C=O) groups is 1. The molecule has 4 nitrogen and oxygen atoms in total. The minimum absolute atomic E-state index is 0.144. The standard InChI is InChI=1S/C23H31N3O/c1-19-12-15-26(16-13-19)22(21-9-3-2-4-10-21)18-25-23(27)11-5-7-20-8-6-14-24-17-20/h2-4,6,8-10,14,17,19,22H,5,7,11-13,15-16,18H2,1H3,(H,25,27). The number of piperidine rings is 1. The molecule has 1 aromatic heterocycles. The summed E-state index contributed by atoms with van der Waals surface area (Å²) in [5.74, 6) is 0.949. The van der Waals surface area contributed by atoms with Gasteiger partial charge in [-0.3, -0.25) is 14.7 Å².